The highest BCUT2D eigenvalue weighted by Crippen LogP contribution is 2.29. The lowest BCUT2D eigenvalue weighted by Gasteiger charge is -2.21. The first-order valence-electron chi connectivity index (χ1n) is 5.95. The summed E-state index contributed by atoms with van der Waals surface area (Å²) in [5.74, 6) is 0. The van der Waals surface area contributed by atoms with E-state index < -0.39 is 0 Å². The molecule has 2 heterocycles. The number of thiophene rings is 2. The molecule has 2 aromatic heterocycles. The van der Waals surface area contributed by atoms with Crippen molar-refractivity contribution in [1.29, 1.82) is 0 Å². The van der Waals surface area contributed by atoms with Crippen molar-refractivity contribution in [2.75, 3.05) is 5.32 Å². The van der Waals surface area contributed by atoms with Crippen LogP contribution in [0.15, 0.2) is 34.3 Å². The third-order valence-electron chi connectivity index (χ3n) is 2.93. The maximum absolute atomic E-state index is 12.2. The molecule has 2 aromatic rings. The number of hydrogen-bond acceptors (Lipinski definition) is 3. The van der Waals surface area contributed by atoms with Crippen molar-refractivity contribution in [2.45, 2.75) is 25.4 Å². The van der Waals surface area contributed by atoms with Crippen LogP contribution in [0.1, 0.15) is 18.4 Å². The fourth-order valence-electron chi connectivity index (χ4n) is 1.86. The second kappa shape index (κ2) is 5.12. The molecule has 0 saturated heterocycles. The Bertz CT molecular complexity index is 503. The molecule has 0 spiro atoms. The van der Waals surface area contributed by atoms with Gasteiger partial charge in [-0.3, -0.25) is 5.32 Å². The van der Waals surface area contributed by atoms with Crippen LogP contribution in [0.4, 0.5) is 9.80 Å². The Morgan fingerprint density at radius 3 is 2.89 bits per heavy atom. The average Bonchev–Trinajstić information content (AvgIpc) is 2.87. The lowest BCUT2D eigenvalue weighted by molar-refractivity contribution is 0.206. The number of nitrogens with one attached hydrogen (secondary N) is 1. The smallest absolute Gasteiger partial charge is 0.317 e. The quantitative estimate of drug-likeness (QED) is 0.900. The number of rotatable bonds is 4. The molecule has 0 atom stereocenters. The van der Waals surface area contributed by atoms with Crippen molar-refractivity contribution in [3.05, 3.63) is 39.9 Å². The molecule has 94 valence electrons. The standard InChI is InChI=1S/C13H14N2OS2/c16-13(14-12-2-1-6-18-12)15(11-3-4-11)8-10-5-7-17-9-10/h1-2,5-7,9,11H,3-4,8H2,(H,14,16). The molecule has 0 radical (unpaired) electrons. The Kier molecular flexibility index (Phi) is 3.34. The van der Waals surface area contributed by atoms with Gasteiger partial charge in [-0.1, -0.05) is 0 Å². The van der Waals surface area contributed by atoms with E-state index in [9.17, 15) is 4.79 Å². The topological polar surface area (TPSA) is 32.3 Å². The summed E-state index contributed by atoms with van der Waals surface area (Å²) in [6, 6.07) is 6.40. The largest absolute Gasteiger partial charge is 0.323 e. The van der Waals surface area contributed by atoms with Gasteiger partial charge in [0.25, 0.3) is 0 Å². The van der Waals surface area contributed by atoms with Crippen LogP contribution < -0.4 is 5.32 Å². The number of amides is 2. The molecule has 1 aliphatic carbocycles. The van der Waals surface area contributed by atoms with Gasteiger partial charge in [-0.25, -0.2) is 4.79 Å². The van der Waals surface area contributed by atoms with Crippen LogP contribution >= 0.6 is 22.7 Å². The Labute approximate surface area is 114 Å². The summed E-state index contributed by atoms with van der Waals surface area (Å²) >= 11 is 3.23. The fraction of sp³-hybridized carbons (Fsp3) is 0.308. The third-order valence-corrected chi connectivity index (χ3v) is 4.45. The van der Waals surface area contributed by atoms with E-state index >= 15 is 0 Å². The van der Waals surface area contributed by atoms with Crippen LogP contribution in [-0.2, 0) is 6.54 Å². The highest BCUT2D eigenvalue weighted by Gasteiger charge is 2.32. The number of urea groups is 1. The minimum atomic E-state index is 0.0196. The number of carbonyl (C=O) groups excluding carboxylic acids is 1. The Hall–Kier alpha value is -1.33. The second-order valence-corrected chi connectivity index (χ2v) is 6.13. The molecule has 2 amide bonds. The van der Waals surface area contributed by atoms with Crippen LogP contribution in [0.5, 0.6) is 0 Å². The van der Waals surface area contributed by atoms with Gasteiger partial charge in [-0.2, -0.15) is 11.3 Å². The molecule has 1 saturated carbocycles. The summed E-state index contributed by atoms with van der Waals surface area (Å²) in [7, 11) is 0. The summed E-state index contributed by atoms with van der Waals surface area (Å²) < 4.78 is 0. The van der Waals surface area contributed by atoms with Gasteiger partial charge in [0, 0.05) is 12.6 Å². The molecule has 3 rings (SSSR count). The maximum Gasteiger partial charge on any atom is 0.323 e. The van der Waals surface area contributed by atoms with Gasteiger partial charge in [-0.05, 0) is 52.7 Å². The first-order valence-corrected chi connectivity index (χ1v) is 7.77. The lowest BCUT2D eigenvalue weighted by Crippen LogP contribution is -2.35. The van der Waals surface area contributed by atoms with Gasteiger partial charge in [0.1, 0.15) is 0 Å². The summed E-state index contributed by atoms with van der Waals surface area (Å²) in [6.07, 6.45) is 2.25. The SMILES string of the molecule is O=C(Nc1cccs1)N(Cc1ccsc1)C1CC1. The highest BCUT2D eigenvalue weighted by atomic mass is 32.1. The van der Waals surface area contributed by atoms with E-state index in [-0.39, 0.29) is 6.03 Å². The van der Waals surface area contributed by atoms with E-state index in [1.807, 2.05) is 22.4 Å². The Balaban J connectivity index is 1.67. The molecule has 0 aromatic carbocycles. The van der Waals surface area contributed by atoms with E-state index in [0.717, 1.165) is 17.8 Å². The van der Waals surface area contributed by atoms with Gasteiger partial charge in [0.2, 0.25) is 0 Å². The average molecular weight is 278 g/mol. The summed E-state index contributed by atoms with van der Waals surface area (Å²) in [5, 5.41) is 10.0. The molecular weight excluding hydrogens is 264 g/mol. The maximum atomic E-state index is 12.2. The Morgan fingerprint density at radius 1 is 1.39 bits per heavy atom. The summed E-state index contributed by atoms with van der Waals surface area (Å²) in [5.41, 5.74) is 1.22. The zero-order chi connectivity index (χ0) is 12.4. The molecule has 5 heteroatoms. The van der Waals surface area contributed by atoms with Crippen molar-refractivity contribution in [3.8, 4) is 0 Å². The minimum Gasteiger partial charge on any atom is -0.317 e. The number of anilines is 1. The number of hydrogen-bond donors (Lipinski definition) is 1. The summed E-state index contributed by atoms with van der Waals surface area (Å²) in [4.78, 5) is 14.2. The zero-order valence-electron chi connectivity index (χ0n) is 9.83. The molecular formula is C13H14N2OS2. The van der Waals surface area contributed by atoms with Crippen molar-refractivity contribution in [2.24, 2.45) is 0 Å². The van der Waals surface area contributed by atoms with Crippen molar-refractivity contribution in [3.63, 3.8) is 0 Å². The van der Waals surface area contributed by atoms with Gasteiger partial charge in [0.15, 0.2) is 0 Å². The monoisotopic (exact) mass is 278 g/mol. The van der Waals surface area contributed by atoms with E-state index in [2.05, 4.69) is 22.1 Å². The first kappa shape index (κ1) is 11.7. The molecule has 3 nitrogen and oxygen atoms in total. The minimum absolute atomic E-state index is 0.0196. The first-order chi connectivity index (χ1) is 8.83. The van der Waals surface area contributed by atoms with E-state index in [1.165, 1.54) is 5.56 Å². The Morgan fingerprint density at radius 2 is 2.28 bits per heavy atom. The molecule has 0 aliphatic heterocycles. The van der Waals surface area contributed by atoms with Crippen molar-refractivity contribution < 1.29 is 4.79 Å². The van der Waals surface area contributed by atoms with E-state index in [4.69, 9.17) is 0 Å². The van der Waals surface area contributed by atoms with Gasteiger partial charge < -0.3 is 4.90 Å². The molecule has 0 unspecified atom stereocenters. The predicted molar refractivity (Wildman–Crippen MR) is 76.2 cm³/mol. The number of carbonyl (C=O) groups is 1. The highest BCUT2D eigenvalue weighted by molar-refractivity contribution is 7.14. The fourth-order valence-corrected chi connectivity index (χ4v) is 3.13. The molecule has 1 fully saturated rings. The molecule has 18 heavy (non-hydrogen) atoms. The van der Waals surface area contributed by atoms with Crippen molar-refractivity contribution >= 4 is 33.7 Å². The van der Waals surface area contributed by atoms with Crippen LogP contribution in [0.25, 0.3) is 0 Å². The van der Waals surface area contributed by atoms with Crippen molar-refractivity contribution in [1.82, 2.24) is 4.90 Å². The molecule has 1 aliphatic rings. The van der Waals surface area contributed by atoms with E-state index in [0.29, 0.717) is 12.6 Å². The lowest BCUT2D eigenvalue weighted by atomic mass is 10.3. The van der Waals surface area contributed by atoms with Gasteiger partial charge >= 0.3 is 6.03 Å². The second-order valence-electron chi connectivity index (χ2n) is 4.40. The van der Waals surface area contributed by atoms with Crippen LogP contribution in [-0.4, -0.2) is 17.0 Å². The van der Waals surface area contributed by atoms with Gasteiger partial charge in [0.05, 0.1) is 5.00 Å². The van der Waals surface area contributed by atoms with Crippen LogP contribution in [0.3, 0.4) is 0 Å². The molecule has 1 N–H and O–H groups in total. The third kappa shape index (κ3) is 2.73. The van der Waals surface area contributed by atoms with Crippen LogP contribution in [0, 0.1) is 0 Å². The van der Waals surface area contributed by atoms with Gasteiger partial charge in [-0.15, -0.1) is 11.3 Å². The van der Waals surface area contributed by atoms with E-state index in [1.54, 1.807) is 22.7 Å². The number of nitrogens with zero attached hydrogens (tertiary/aromatic N) is 1. The summed E-state index contributed by atoms with van der Waals surface area (Å²) in [6.45, 7) is 0.714. The predicted octanol–water partition coefficient (Wildman–Crippen LogP) is 4.01. The van der Waals surface area contributed by atoms with Crippen LogP contribution in [0.2, 0.25) is 0 Å². The normalized spacial score (nSPS) is 14.4. The zero-order valence-corrected chi connectivity index (χ0v) is 11.5. The molecule has 0 bridgehead atoms.